The molecule has 1 fully saturated rings. The molecular weight excluding hydrogens is 658 g/mol. The molecule has 10 heteroatoms. The Morgan fingerprint density at radius 2 is 2.00 bits per heavy atom. The SMILES string of the molecule is CCOC(=O)CN1C(=O)S/C(=C/c2cc(I)cc(I)c2OCc2ccccc2C#N)C1=O. The number of benzene rings is 2. The Morgan fingerprint density at radius 3 is 2.72 bits per heavy atom. The second kappa shape index (κ2) is 11.2. The number of ether oxygens (including phenoxy) is 2. The van der Waals surface area contributed by atoms with E-state index >= 15 is 0 Å². The number of amides is 2. The third-order valence-corrected chi connectivity index (χ3v) is 6.63. The Morgan fingerprint density at radius 1 is 1.25 bits per heavy atom. The number of hydrogen-bond acceptors (Lipinski definition) is 7. The van der Waals surface area contributed by atoms with Gasteiger partial charge in [-0.3, -0.25) is 19.3 Å². The molecule has 2 aromatic carbocycles. The highest BCUT2D eigenvalue weighted by atomic mass is 127. The van der Waals surface area contributed by atoms with Gasteiger partial charge in [0.1, 0.15) is 18.9 Å². The fourth-order valence-corrected chi connectivity index (χ4v) is 5.73. The first-order valence-electron chi connectivity index (χ1n) is 9.34. The molecule has 1 heterocycles. The number of nitriles is 1. The maximum Gasteiger partial charge on any atom is 0.326 e. The lowest BCUT2D eigenvalue weighted by molar-refractivity contribution is -0.145. The molecule has 2 amide bonds. The van der Waals surface area contributed by atoms with Crippen LogP contribution < -0.4 is 4.74 Å². The minimum atomic E-state index is -0.639. The van der Waals surface area contributed by atoms with Gasteiger partial charge in [-0.25, -0.2) is 0 Å². The summed E-state index contributed by atoms with van der Waals surface area (Å²) < 4.78 is 12.6. The van der Waals surface area contributed by atoms with Gasteiger partial charge in [0.15, 0.2) is 0 Å². The number of rotatable bonds is 7. The molecule has 0 bridgehead atoms. The van der Waals surface area contributed by atoms with Crippen LogP contribution in [0.2, 0.25) is 0 Å². The summed E-state index contributed by atoms with van der Waals surface area (Å²) in [6.45, 7) is 1.57. The smallest absolute Gasteiger partial charge is 0.326 e. The Balaban J connectivity index is 1.89. The van der Waals surface area contributed by atoms with E-state index in [9.17, 15) is 19.6 Å². The van der Waals surface area contributed by atoms with Crippen molar-refractivity contribution in [2.75, 3.05) is 13.2 Å². The van der Waals surface area contributed by atoms with Crippen molar-refractivity contribution in [2.45, 2.75) is 13.5 Å². The van der Waals surface area contributed by atoms with Crippen LogP contribution >= 0.6 is 56.9 Å². The van der Waals surface area contributed by atoms with Gasteiger partial charge in [-0.05, 0) is 88.1 Å². The standard InChI is InChI=1S/C22H16I2N2O5S/c1-2-30-19(27)11-26-21(28)18(32-22(26)29)8-15-7-16(23)9-17(24)20(15)31-12-14-6-4-3-5-13(14)10-25/h3-9H,2,11-12H2,1H3/b18-8+. The van der Waals surface area contributed by atoms with E-state index in [1.165, 1.54) is 0 Å². The van der Waals surface area contributed by atoms with Gasteiger partial charge in [0.25, 0.3) is 11.1 Å². The maximum absolute atomic E-state index is 12.7. The molecule has 0 saturated carbocycles. The van der Waals surface area contributed by atoms with Crippen molar-refractivity contribution in [3.8, 4) is 11.8 Å². The number of hydrogen-bond donors (Lipinski definition) is 0. The molecule has 3 rings (SSSR count). The van der Waals surface area contributed by atoms with Crippen LogP contribution in [-0.2, 0) is 20.9 Å². The molecule has 0 spiro atoms. The van der Waals surface area contributed by atoms with E-state index in [-0.39, 0.29) is 18.1 Å². The van der Waals surface area contributed by atoms with E-state index in [2.05, 4.69) is 51.3 Å². The molecule has 0 radical (unpaired) electrons. The van der Waals surface area contributed by atoms with Crippen LogP contribution in [0.15, 0.2) is 41.3 Å². The summed E-state index contributed by atoms with van der Waals surface area (Å²) in [5.41, 5.74) is 1.89. The zero-order chi connectivity index (χ0) is 23.3. The van der Waals surface area contributed by atoms with E-state index in [1.54, 1.807) is 25.1 Å². The van der Waals surface area contributed by atoms with Crippen molar-refractivity contribution in [3.05, 3.63) is 65.1 Å². The van der Waals surface area contributed by atoms with Crippen molar-refractivity contribution < 1.29 is 23.9 Å². The average Bonchev–Trinajstić information content (AvgIpc) is 3.00. The Bertz CT molecular complexity index is 1160. The van der Waals surface area contributed by atoms with E-state index in [4.69, 9.17) is 9.47 Å². The third-order valence-electron chi connectivity index (χ3n) is 4.30. The molecule has 0 atom stereocenters. The van der Waals surface area contributed by atoms with Gasteiger partial charge in [-0.1, -0.05) is 18.2 Å². The third kappa shape index (κ3) is 5.81. The Hall–Kier alpha value is -2.11. The molecule has 7 nitrogen and oxygen atoms in total. The van der Waals surface area contributed by atoms with E-state index in [1.807, 2.05) is 24.3 Å². The number of carbonyl (C=O) groups is 3. The largest absolute Gasteiger partial charge is 0.487 e. The van der Waals surface area contributed by atoms with Crippen LogP contribution in [0.4, 0.5) is 4.79 Å². The van der Waals surface area contributed by atoms with Crippen LogP contribution in [0, 0.1) is 18.5 Å². The van der Waals surface area contributed by atoms with Gasteiger partial charge < -0.3 is 9.47 Å². The van der Waals surface area contributed by atoms with Crippen LogP contribution in [0.1, 0.15) is 23.6 Å². The van der Waals surface area contributed by atoms with E-state index < -0.39 is 23.7 Å². The second-order valence-electron chi connectivity index (χ2n) is 6.44. The van der Waals surface area contributed by atoms with E-state index in [0.29, 0.717) is 16.9 Å². The number of halogens is 2. The average molecular weight is 674 g/mol. The minimum absolute atomic E-state index is 0.168. The number of carbonyl (C=O) groups excluding carboxylic acids is 3. The summed E-state index contributed by atoms with van der Waals surface area (Å²) in [7, 11) is 0. The van der Waals surface area contributed by atoms with Gasteiger partial charge in [0, 0.05) is 14.7 Å². The summed E-state index contributed by atoms with van der Waals surface area (Å²) in [6, 6.07) is 13.1. The Kier molecular flexibility index (Phi) is 8.55. The molecule has 0 unspecified atom stereocenters. The lowest BCUT2D eigenvalue weighted by Crippen LogP contribution is -2.34. The number of esters is 1. The van der Waals surface area contributed by atoms with Gasteiger partial charge in [0.05, 0.1) is 26.7 Å². The predicted octanol–water partition coefficient (Wildman–Crippen LogP) is 4.95. The monoisotopic (exact) mass is 674 g/mol. The normalized spacial score (nSPS) is 14.6. The molecular formula is C22H16I2N2O5S. The summed E-state index contributed by atoms with van der Waals surface area (Å²) in [5.74, 6) is -0.654. The number of nitrogens with zero attached hydrogens (tertiary/aromatic N) is 2. The molecule has 0 aromatic heterocycles. The lowest BCUT2D eigenvalue weighted by Gasteiger charge is -2.14. The number of imide groups is 1. The molecule has 1 saturated heterocycles. The molecule has 0 N–H and O–H groups in total. The first-order valence-corrected chi connectivity index (χ1v) is 12.3. The van der Waals surface area contributed by atoms with E-state index in [0.717, 1.165) is 29.4 Å². The van der Waals surface area contributed by atoms with Crippen LogP contribution in [0.3, 0.4) is 0 Å². The van der Waals surface area contributed by atoms with Crippen LogP contribution in [0.5, 0.6) is 5.75 Å². The lowest BCUT2D eigenvalue weighted by atomic mass is 10.1. The van der Waals surface area contributed by atoms with Gasteiger partial charge in [-0.15, -0.1) is 0 Å². The highest BCUT2D eigenvalue weighted by molar-refractivity contribution is 14.1. The zero-order valence-electron chi connectivity index (χ0n) is 16.8. The van der Waals surface area contributed by atoms with Gasteiger partial charge in [0.2, 0.25) is 0 Å². The predicted molar refractivity (Wildman–Crippen MR) is 137 cm³/mol. The molecule has 2 aromatic rings. The zero-order valence-corrected chi connectivity index (χ0v) is 21.9. The van der Waals surface area contributed by atoms with Gasteiger partial charge >= 0.3 is 5.97 Å². The Labute approximate surface area is 216 Å². The molecule has 32 heavy (non-hydrogen) atoms. The second-order valence-corrected chi connectivity index (χ2v) is 9.84. The van der Waals surface area contributed by atoms with Crippen LogP contribution in [-0.4, -0.2) is 35.2 Å². The summed E-state index contributed by atoms with van der Waals surface area (Å²) >= 11 is 5.07. The highest BCUT2D eigenvalue weighted by Gasteiger charge is 2.36. The molecule has 1 aliphatic rings. The minimum Gasteiger partial charge on any atom is -0.487 e. The first kappa shape index (κ1) is 24.5. The summed E-state index contributed by atoms with van der Waals surface area (Å²) in [5, 5.41) is 8.77. The maximum atomic E-state index is 12.7. The van der Waals surface area contributed by atoms with Gasteiger partial charge in [-0.2, -0.15) is 5.26 Å². The van der Waals surface area contributed by atoms with Crippen molar-refractivity contribution >= 4 is 80.1 Å². The first-order chi connectivity index (χ1) is 15.3. The molecule has 1 aliphatic heterocycles. The topological polar surface area (TPSA) is 96.7 Å². The highest BCUT2D eigenvalue weighted by Crippen LogP contribution is 2.36. The fourth-order valence-electron chi connectivity index (χ4n) is 2.86. The van der Waals surface area contributed by atoms with Crippen molar-refractivity contribution in [1.82, 2.24) is 4.90 Å². The molecule has 164 valence electrons. The van der Waals surface area contributed by atoms with Crippen LogP contribution in [0.25, 0.3) is 6.08 Å². The van der Waals surface area contributed by atoms with Crippen molar-refractivity contribution in [2.24, 2.45) is 0 Å². The fraction of sp³-hybridized carbons (Fsp3) is 0.182. The number of thioether (sulfide) groups is 1. The summed E-state index contributed by atoms with van der Waals surface area (Å²) in [4.78, 5) is 37.8. The summed E-state index contributed by atoms with van der Waals surface area (Å²) in [6.07, 6.45) is 1.59. The van der Waals surface area contributed by atoms with Crippen molar-refractivity contribution in [3.63, 3.8) is 0 Å². The quantitative estimate of drug-likeness (QED) is 0.233. The van der Waals surface area contributed by atoms with Crippen molar-refractivity contribution in [1.29, 1.82) is 5.26 Å². The molecule has 0 aliphatic carbocycles.